The standard InChI is InChI=1S/C9H5N5O2/c10-1-6-4-14(9(16)13-8(6)15)7-2-11-5-12-3-7/h2-5H,(H,13,15,16). The van der Waals surface area contributed by atoms with E-state index in [-0.39, 0.29) is 5.56 Å². The second-order valence-electron chi connectivity index (χ2n) is 2.88. The summed E-state index contributed by atoms with van der Waals surface area (Å²) in [6, 6.07) is 1.69. The van der Waals surface area contributed by atoms with Crippen LogP contribution >= 0.6 is 0 Å². The van der Waals surface area contributed by atoms with Crippen LogP contribution in [0.3, 0.4) is 0 Å². The minimum absolute atomic E-state index is 0.150. The lowest BCUT2D eigenvalue weighted by Crippen LogP contribution is -2.30. The van der Waals surface area contributed by atoms with Gasteiger partial charge in [0, 0.05) is 6.20 Å². The van der Waals surface area contributed by atoms with Crippen molar-refractivity contribution in [1.82, 2.24) is 19.5 Å². The van der Waals surface area contributed by atoms with Gasteiger partial charge in [-0.05, 0) is 0 Å². The molecule has 0 aliphatic rings. The maximum absolute atomic E-state index is 11.5. The molecule has 0 saturated heterocycles. The highest BCUT2D eigenvalue weighted by Crippen LogP contribution is 1.98. The molecule has 0 aliphatic heterocycles. The molecule has 0 radical (unpaired) electrons. The van der Waals surface area contributed by atoms with Gasteiger partial charge in [0.1, 0.15) is 18.0 Å². The fourth-order valence-corrected chi connectivity index (χ4v) is 1.16. The van der Waals surface area contributed by atoms with E-state index >= 15 is 0 Å². The summed E-state index contributed by atoms with van der Waals surface area (Å²) in [4.78, 5) is 32.1. The molecule has 7 heteroatoms. The Morgan fingerprint density at radius 3 is 2.62 bits per heavy atom. The van der Waals surface area contributed by atoms with E-state index in [2.05, 4.69) is 9.97 Å². The summed E-state index contributed by atoms with van der Waals surface area (Å²) in [5, 5.41) is 8.66. The van der Waals surface area contributed by atoms with Crippen molar-refractivity contribution < 1.29 is 0 Å². The molecule has 0 aromatic carbocycles. The van der Waals surface area contributed by atoms with Gasteiger partial charge < -0.3 is 0 Å². The van der Waals surface area contributed by atoms with Crippen LogP contribution in [0.1, 0.15) is 5.56 Å². The first kappa shape index (κ1) is 9.79. The predicted octanol–water partition coefficient (Wildman–Crippen LogP) is -0.813. The number of nitrogens with zero attached hydrogens (tertiary/aromatic N) is 4. The Balaban J connectivity index is 2.73. The van der Waals surface area contributed by atoms with Crippen LogP contribution in [-0.2, 0) is 0 Å². The average Bonchev–Trinajstić information content (AvgIpc) is 2.30. The predicted molar refractivity (Wildman–Crippen MR) is 53.0 cm³/mol. The molecule has 2 heterocycles. The molecule has 0 unspecified atom stereocenters. The van der Waals surface area contributed by atoms with Gasteiger partial charge in [-0.25, -0.2) is 14.8 Å². The SMILES string of the molecule is N#Cc1cn(-c2cncnc2)c(=O)[nH]c1=O. The first-order valence-electron chi connectivity index (χ1n) is 4.24. The second-order valence-corrected chi connectivity index (χ2v) is 2.88. The minimum Gasteiger partial charge on any atom is -0.273 e. The lowest BCUT2D eigenvalue weighted by molar-refractivity contribution is 0.875. The molecule has 2 aromatic heterocycles. The smallest absolute Gasteiger partial charge is 0.273 e. The Morgan fingerprint density at radius 1 is 1.31 bits per heavy atom. The number of rotatable bonds is 1. The minimum atomic E-state index is -0.708. The Kier molecular flexibility index (Phi) is 2.31. The van der Waals surface area contributed by atoms with Crippen molar-refractivity contribution in [3.63, 3.8) is 0 Å². The molecule has 78 valence electrons. The van der Waals surface area contributed by atoms with Crippen LogP contribution < -0.4 is 11.2 Å². The van der Waals surface area contributed by atoms with Crippen molar-refractivity contribution in [3.8, 4) is 11.8 Å². The van der Waals surface area contributed by atoms with Gasteiger partial charge in [0.2, 0.25) is 0 Å². The fraction of sp³-hybridized carbons (Fsp3) is 0. The number of nitriles is 1. The summed E-state index contributed by atoms with van der Waals surface area (Å²) in [5.74, 6) is 0. The molecular formula is C9H5N5O2. The van der Waals surface area contributed by atoms with Crippen molar-refractivity contribution in [2.24, 2.45) is 0 Å². The van der Waals surface area contributed by atoms with Gasteiger partial charge in [-0.1, -0.05) is 0 Å². The normalized spacial score (nSPS) is 9.69. The fourth-order valence-electron chi connectivity index (χ4n) is 1.16. The molecule has 1 N–H and O–H groups in total. The van der Waals surface area contributed by atoms with Gasteiger partial charge in [-0.3, -0.25) is 14.3 Å². The Bertz CT molecular complexity index is 665. The number of hydrogen-bond donors (Lipinski definition) is 1. The summed E-state index contributed by atoms with van der Waals surface area (Å²) < 4.78 is 1.10. The number of H-pyrrole nitrogens is 1. The van der Waals surface area contributed by atoms with E-state index in [1.807, 2.05) is 4.98 Å². The Hall–Kier alpha value is -2.75. The average molecular weight is 215 g/mol. The van der Waals surface area contributed by atoms with E-state index < -0.39 is 11.2 Å². The Labute approximate surface area is 88.7 Å². The zero-order valence-electron chi connectivity index (χ0n) is 7.91. The second kappa shape index (κ2) is 3.78. The van der Waals surface area contributed by atoms with E-state index in [9.17, 15) is 9.59 Å². The molecule has 0 atom stereocenters. The molecule has 2 rings (SSSR count). The highest BCUT2D eigenvalue weighted by Gasteiger charge is 2.05. The maximum Gasteiger partial charge on any atom is 0.333 e. The summed E-state index contributed by atoms with van der Waals surface area (Å²) in [6.45, 7) is 0. The summed E-state index contributed by atoms with van der Waals surface area (Å²) >= 11 is 0. The van der Waals surface area contributed by atoms with Crippen molar-refractivity contribution in [3.05, 3.63) is 51.3 Å². The van der Waals surface area contributed by atoms with Crippen molar-refractivity contribution in [2.45, 2.75) is 0 Å². The van der Waals surface area contributed by atoms with Gasteiger partial charge in [0.15, 0.2) is 0 Å². The number of hydrogen-bond acceptors (Lipinski definition) is 5. The molecule has 0 spiro atoms. The van der Waals surface area contributed by atoms with Crippen LogP contribution in [0, 0.1) is 11.3 Å². The molecule has 0 fully saturated rings. The third-order valence-electron chi connectivity index (χ3n) is 1.89. The van der Waals surface area contributed by atoms with Gasteiger partial charge in [0.25, 0.3) is 5.56 Å². The van der Waals surface area contributed by atoms with Crippen LogP contribution in [0.5, 0.6) is 0 Å². The van der Waals surface area contributed by atoms with E-state index in [1.54, 1.807) is 6.07 Å². The lowest BCUT2D eigenvalue weighted by atomic mass is 10.3. The number of nitrogens with one attached hydrogen (secondary N) is 1. The molecule has 16 heavy (non-hydrogen) atoms. The third-order valence-corrected chi connectivity index (χ3v) is 1.89. The topological polar surface area (TPSA) is 104 Å². The Morgan fingerprint density at radius 2 is 2.00 bits per heavy atom. The summed E-state index contributed by atoms with van der Waals surface area (Å²) in [6.07, 6.45) is 5.26. The van der Waals surface area contributed by atoms with Crippen molar-refractivity contribution in [2.75, 3.05) is 0 Å². The van der Waals surface area contributed by atoms with Gasteiger partial charge in [0.05, 0.1) is 18.1 Å². The van der Waals surface area contributed by atoms with E-state index in [4.69, 9.17) is 5.26 Å². The molecular weight excluding hydrogens is 210 g/mol. The van der Waals surface area contributed by atoms with Crippen LogP contribution in [-0.4, -0.2) is 19.5 Å². The zero-order valence-corrected chi connectivity index (χ0v) is 7.91. The van der Waals surface area contributed by atoms with Gasteiger partial charge >= 0.3 is 5.69 Å². The summed E-state index contributed by atoms with van der Waals surface area (Å²) in [5.41, 5.74) is -1.12. The molecule has 0 amide bonds. The lowest BCUT2D eigenvalue weighted by Gasteiger charge is -2.02. The van der Waals surface area contributed by atoms with Gasteiger partial charge in [-0.15, -0.1) is 0 Å². The monoisotopic (exact) mass is 215 g/mol. The maximum atomic E-state index is 11.5. The zero-order chi connectivity index (χ0) is 11.5. The molecule has 0 saturated carbocycles. The largest absolute Gasteiger partial charge is 0.333 e. The molecule has 0 bridgehead atoms. The van der Waals surface area contributed by atoms with Crippen LogP contribution in [0.2, 0.25) is 0 Å². The van der Waals surface area contributed by atoms with Crippen LogP contribution in [0.15, 0.2) is 34.5 Å². The molecule has 7 nitrogen and oxygen atoms in total. The number of aromatic nitrogens is 4. The van der Waals surface area contributed by atoms with E-state index in [0.29, 0.717) is 5.69 Å². The highest BCUT2D eigenvalue weighted by atomic mass is 16.2. The van der Waals surface area contributed by atoms with Crippen LogP contribution in [0.4, 0.5) is 0 Å². The van der Waals surface area contributed by atoms with Gasteiger partial charge in [-0.2, -0.15) is 5.26 Å². The first-order valence-corrected chi connectivity index (χ1v) is 4.24. The van der Waals surface area contributed by atoms with Crippen molar-refractivity contribution >= 4 is 0 Å². The third kappa shape index (κ3) is 1.59. The number of aromatic amines is 1. The molecule has 2 aromatic rings. The molecule has 0 aliphatic carbocycles. The van der Waals surface area contributed by atoms with Crippen molar-refractivity contribution in [1.29, 1.82) is 5.26 Å². The summed E-state index contributed by atoms with van der Waals surface area (Å²) in [7, 11) is 0. The highest BCUT2D eigenvalue weighted by molar-refractivity contribution is 5.29. The quantitative estimate of drug-likeness (QED) is 0.669. The van der Waals surface area contributed by atoms with E-state index in [1.165, 1.54) is 18.7 Å². The first-order chi connectivity index (χ1) is 7.72. The van der Waals surface area contributed by atoms with Crippen LogP contribution in [0.25, 0.3) is 5.69 Å². The van der Waals surface area contributed by atoms with E-state index in [0.717, 1.165) is 10.8 Å².